The monoisotopic (exact) mass is 399 g/mol. The minimum atomic E-state index is -0.651. The summed E-state index contributed by atoms with van der Waals surface area (Å²) in [5, 5.41) is 16.7. The molecule has 0 aromatic carbocycles. The van der Waals surface area contributed by atoms with Gasteiger partial charge in [0.15, 0.2) is 0 Å². The highest BCUT2D eigenvalue weighted by Gasteiger charge is 2.27. The van der Waals surface area contributed by atoms with Crippen LogP contribution in [0.3, 0.4) is 0 Å². The molecule has 0 atom stereocenters. The number of fused-ring (bicyclic) bond motifs is 1. The van der Waals surface area contributed by atoms with E-state index >= 15 is 0 Å². The van der Waals surface area contributed by atoms with Crippen LogP contribution >= 0.6 is 0 Å². The Morgan fingerprint density at radius 2 is 2.00 bits per heavy atom. The Labute approximate surface area is 170 Å². The lowest BCUT2D eigenvalue weighted by Crippen LogP contribution is -2.49. The summed E-state index contributed by atoms with van der Waals surface area (Å²) >= 11 is 0. The maximum atomic E-state index is 12.2. The Bertz CT molecular complexity index is 909. The number of nitrogens with one attached hydrogen (secondary N) is 1. The molecule has 8 heteroatoms. The van der Waals surface area contributed by atoms with Crippen molar-refractivity contribution in [2.75, 3.05) is 31.1 Å². The van der Waals surface area contributed by atoms with Gasteiger partial charge in [0.05, 0.1) is 23.0 Å². The fourth-order valence-corrected chi connectivity index (χ4v) is 4.37. The maximum absolute atomic E-state index is 12.2. The van der Waals surface area contributed by atoms with Crippen molar-refractivity contribution in [3.63, 3.8) is 0 Å². The predicted molar refractivity (Wildman–Crippen MR) is 110 cm³/mol. The first kappa shape index (κ1) is 19.8. The van der Waals surface area contributed by atoms with Crippen LogP contribution in [0.25, 0.3) is 5.52 Å². The summed E-state index contributed by atoms with van der Waals surface area (Å²) in [6.45, 7) is 6.82. The highest BCUT2D eigenvalue weighted by atomic mass is 16.3. The molecule has 2 saturated heterocycles. The van der Waals surface area contributed by atoms with E-state index in [-0.39, 0.29) is 11.9 Å². The van der Waals surface area contributed by atoms with Crippen LogP contribution < -0.4 is 10.2 Å². The summed E-state index contributed by atoms with van der Waals surface area (Å²) in [7, 11) is 0. The molecule has 2 aromatic rings. The van der Waals surface area contributed by atoms with E-state index in [1.165, 1.54) is 5.56 Å². The lowest BCUT2D eigenvalue weighted by Gasteiger charge is -2.35. The van der Waals surface area contributed by atoms with Crippen LogP contribution in [0.15, 0.2) is 24.5 Å². The van der Waals surface area contributed by atoms with Crippen molar-refractivity contribution in [1.82, 2.24) is 19.8 Å². The van der Waals surface area contributed by atoms with Crippen LogP contribution in [-0.4, -0.2) is 63.3 Å². The molecular weight excluding hydrogens is 370 g/mol. The first-order valence-electron chi connectivity index (χ1n) is 10.3. The summed E-state index contributed by atoms with van der Waals surface area (Å²) in [4.78, 5) is 27.6. The Kier molecular flexibility index (Phi) is 5.31. The summed E-state index contributed by atoms with van der Waals surface area (Å²) in [5.74, 6) is 0.372. The first-order valence-corrected chi connectivity index (χ1v) is 10.3. The van der Waals surface area contributed by atoms with Gasteiger partial charge >= 0.3 is 6.03 Å². The number of imide groups is 1. The molecule has 2 N–H and O–H groups in total. The number of β-amino-alcohol motifs (C(OH)–C–C–N with tert-alkyl or cyclic N) is 1. The second-order valence-electron chi connectivity index (χ2n) is 8.89. The van der Waals surface area contributed by atoms with Gasteiger partial charge in [-0.05, 0) is 69.8 Å². The van der Waals surface area contributed by atoms with Crippen molar-refractivity contribution >= 4 is 23.1 Å². The van der Waals surface area contributed by atoms with Gasteiger partial charge in [-0.15, -0.1) is 0 Å². The van der Waals surface area contributed by atoms with Crippen LogP contribution in [0.1, 0.15) is 38.7 Å². The molecular formula is C21H29N5O3. The van der Waals surface area contributed by atoms with Crippen molar-refractivity contribution in [3.8, 4) is 0 Å². The number of aromatic nitrogens is 2. The first-order chi connectivity index (χ1) is 13.8. The second kappa shape index (κ2) is 7.76. The molecule has 0 bridgehead atoms. The van der Waals surface area contributed by atoms with Crippen LogP contribution in [0, 0.1) is 5.92 Å². The van der Waals surface area contributed by atoms with Crippen molar-refractivity contribution in [1.29, 1.82) is 0 Å². The number of rotatable bonds is 5. The lowest BCUT2D eigenvalue weighted by molar-refractivity contribution is -0.120. The molecule has 4 rings (SSSR count). The predicted octanol–water partition coefficient (Wildman–Crippen LogP) is 1.81. The third-order valence-corrected chi connectivity index (χ3v) is 5.75. The lowest BCUT2D eigenvalue weighted by atomic mass is 9.90. The molecule has 2 fully saturated rings. The number of likely N-dealkylation sites (tertiary alicyclic amines) is 1. The van der Waals surface area contributed by atoms with Crippen LogP contribution in [0.5, 0.6) is 0 Å². The van der Waals surface area contributed by atoms with Gasteiger partial charge in [0.2, 0.25) is 5.91 Å². The average molecular weight is 399 g/mol. The Balaban J connectivity index is 1.44. The number of amides is 3. The van der Waals surface area contributed by atoms with Gasteiger partial charge in [-0.2, -0.15) is 5.10 Å². The number of aliphatic hydroxyl groups is 1. The molecule has 4 heterocycles. The number of urea groups is 1. The molecule has 0 aliphatic carbocycles. The van der Waals surface area contributed by atoms with Gasteiger partial charge in [0.1, 0.15) is 0 Å². The molecule has 2 aliphatic heterocycles. The Hall–Kier alpha value is -2.45. The Morgan fingerprint density at radius 1 is 1.24 bits per heavy atom. The summed E-state index contributed by atoms with van der Waals surface area (Å²) in [6, 6.07) is 3.81. The molecule has 2 aliphatic rings. The van der Waals surface area contributed by atoms with Crippen LogP contribution in [0.4, 0.5) is 10.5 Å². The standard InChI is InChI=1S/C21H29N5O3/c1-21(2,29)14-24-7-3-15(4-8-24)11-16-5-10-26-17(12-16)18(13-22-26)25-9-6-19(27)23-20(25)28/h5,10,12-13,15,29H,3-4,6-9,11,14H2,1-2H3,(H,23,27,28). The third-order valence-electron chi connectivity index (χ3n) is 5.75. The Morgan fingerprint density at radius 3 is 2.69 bits per heavy atom. The normalized spacial score (nSPS) is 19.8. The highest BCUT2D eigenvalue weighted by Crippen LogP contribution is 2.27. The van der Waals surface area contributed by atoms with Gasteiger partial charge in [-0.1, -0.05) is 0 Å². The minimum absolute atomic E-state index is 0.237. The number of anilines is 1. The van der Waals surface area contributed by atoms with Crippen LogP contribution in [-0.2, 0) is 11.2 Å². The van der Waals surface area contributed by atoms with Crippen molar-refractivity contribution in [2.45, 2.75) is 45.1 Å². The molecule has 3 amide bonds. The number of piperidine rings is 1. The average Bonchev–Trinajstić information content (AvgIpc) is 3.05. The van der Waals surface area contributed by atoms with E-state index in [0.717, 1.165) is 43.6 Å². The van der Waals surface area contributed by atoms with E-state index in [1.54, 1.807) is 15.6 Å². The van der Waals surface area contributed by atoms with Gasteiger partial charge in [-0.3, -0.25) is 15.0 Å². The minimum Gasteiger partial charge on any atom is -0.389 e. The number of nitrogens with zero attached hydrogens (tertiary/aromatic N) is 4. The van der Waals surface area contributed by atoms with Gasteiger partial charge in [0, 0.05) is 25.7 Å². The van der Waals surface area contributed by atoms with Crippen molar-refractivity contribution in [2.24, 2.45) is 5.92 Å². The zero-order chi connectivity index (χ0) is 20.6. The topological polar surface area (TPSA) is 90.2 Å². The number of carbonyl (C=O) groups is 2. The molecule has 0 saturated carbocycles. The number of hydrogen-bond donors (Lipinski definition) is 2. The molecule has 0 radical (unpaired) electrons. The molecule has 8 nitrogen and oxygen atoms in total. The van der Waals surface area contributed by atoms with E-state index in [2.05, 4.69) is 27.4 Å². The largest absolute Gasteiger partial charge is 0.389 e. The van der Waals surface area contributed by atoms with E-state index < -0.39 is 5.60 Å². The summed E-state index contributed by atoms with van der Waals surface area (Å²) in [6.07, 6.45) is 7.14. The molecule has 0 unspecified atom stereocenters. The smallest absolute Gasteiger partial charge is 0.328 e. The molecule has 29 heavy (non-hydrogen) atoms. The molecule has 156 valence electrons. The number of pyridine rings is 1. The van der Waals surface area contributed by atoms with Crippen LogP contribution in [0.2, 0.25) is 0 Å². The fourth-order valence-electron chi connectivity index (χ4n) is 4.37. The van der Waals surface area contributed by atoms with Crippen molar-refractivity contribution in [3.05, 3.63) is 30.1 Å². The maximum Gasteiger partial charge on any atom is 0.328 e. The SMILES string of the molecule is CC(C)(O)CN1CCC(Cc2ccn3ncc(N4CCC(=O)NC4=O)c3c2)CC1. The highest BCUT2D eigenvalue weighted by molar-refractivity contribution is 6.07. The van der Waals surface area contributed by atoms with Crippen molar-refractivity contribution < 1.29 is 14.7 Å². The van der Waals surface area contributed by atoms with E-state index in [1.807, 2.05) is 20.0 Å². The van der Waals surface area contributed by atoms with Gasteiger partial charge < -0.3 is 10.0 Å². The van der Waals surface area contributed by atoms with E-state index in [0.29, 0.717) is 25.4 Å². The van der Waals surface area contributed by atoms with Gasteiger partial charge in [0.25, 0.3) is 0 Å². The fraction of sp³-hybridized carbons (Fsp3) is 0.571. The summed E-state index contributed by atoms with van der Waals surface area (Å²) < 4.78 is 1.77. The molecule has 2 aromatic heterocycles. The third kappa shape index (κ3) is 4.59. The summed E-state index contributed by atoms with van der Waals surface area (Å²) in [5.41, 5.74) is 2.19. The molecule has 0 spiro atoms. The van der Waals surface area contributed by atoms with Gasteiger partial charge in [-0.25, -0.2) is 9.31 Å². The zero-order valence-electron chi connectivity index (χ0n) is 17.1. The number of carbonyl (C=O) groups excluding carboxylic acids is 2. The second-order valence-corrected chi connectivity index (χ2v) is 8.89. The zero-order valence-corrected chi connectivity index (χ0v) is 17.1. The van der Waals surface area contributed by atoms with E-state index in [4.69, 9.17) is 0 Å². The number of hydrogen-bond acceptors (Lipinski definition) is 5. The van der Waals surface area contributed by atoms with E-state index in [9.17, 15) is 14.7 Å². The quantitative estimate of drug-likeness (QED) is 0.800.